The van der Waals surface area contributed by atoms with E-state index in [1.807, 2.05) is 48.5 Å². The van der Waals surface area contributed by atoms with Gasteiger partial charge < -0.3 is 10.7 Å². The summed E-state index contributed by atoms with van der Waals surface area (Å²) in [4.78, 5) is 8.39. The minimum Gasteiger partial charge on any atom is -0.368 e. The summed E-state index contributed by atoms with van der Waals surface area (Å²) in [6.45, 7) is 2.75. The lowest BCUT2D eigenvalue weighted by Crippen LogP contribution is -2.31. The van der Waals surface area contributed by atoms with E-state index >= 15 is 0 Å². The van der Waals surface area contributed by atoms with E-state index in [1.54, 1.807) is 6.33 Å². The molecule has 0 atom stereocenters. The highest BCUT2D eigenvalue weighted by molar-refractivity contribution is 6.33. The molecule has 0 fully saturated rings. The first kappa shape index (κ1) is 17.6. The smallest absolute Gasteiger partial charge is 0.148 e. The molecule has 0 spiro atoms. The number of aryl methyl sites for hydroxylation is 1. The third-order valence-electron chi connectivity index (χ3n) is 3.81. The van der Waals surface area contributed by atoms with E-state index in [-0.39, 0.29) is 0 Å². The maximum Gasteiger partial charge on any atom is 0.148 e. The molecule has 2 heterocycles. The maximum atomic E-state index is 6.30. The number of aromatic nitrogens is 2. The monoisotopic (exact) mass is 375 g/mol. The van der Waals surface area contributed by atoms with E-state index in [9.17, 15) is 0 Å². The van der Waals surface area contributed by atoms with Crippen LogP contribution in [0, 0.1) is 0 Å². The second kappa shape index (κ2) is 8.23. The van der Waals surface area contributed by atoms with Gasteiger partial charge in [-0.1, -0.05) is 30.1 Å². The van der Waals surface area contributed by atoms with Crippen molar-refractivity contribution in [3.05, 3.63) is 70.4 Å². The Labute approximate surface area is 157 Å². The fourth-order valence-corrected chi connectivity index (χ4v) is 2.89. The Morgan fingerprint density at radius 2 is 1.96 bits per heavy atom. The van der Waals surface area contributed by atoms with Crippen LogP contribution in [-0.4, -0.2) is 16.5 Å². The topological polar surface area (TPSA) is 53.1 Å². The average molecular weight is 376 g/mol. The second-order valence-corrected chi connectivity index (χ2v) is 6.34. The highest BCUT2D eigenvalue weighted by atomic mass is 35.5. The van der Waals surface area contributed by atoms with E-state index < -0.39 is 0 Å². The molecule has 1 aromatic heterocycles. The van der Waals surface area contributed by atoms with Crippen LogP contribution in [0.1, 0.15) is 19.0 Å². The molecule has 0 unspecified atom stereocenters. The molecule has 0 radical (unpaired) electrons. The zero-order valence-electron chi connectivity index (χ0n) is 13.8. The molecule has 5 nitrogen and oxygen atoms in total. The number of anilines is 2. The highest BCUT2D eigenvalue weighted by Gasteiger charge is 2.09. The third kappa shape index (κ3) is 4.44. The lowest BCUT2D eigenvalue weighted by atomic mass is 10.2. The quantitative estimate of drug-likeness (QED) is 0.774. The van der Waals surface area contributed by atoms with Crippen LogP contribution in [0.5, 0.6) is 0 Å². The van der Waals surface area contributed by atoms with Crippen molar-refractivity contribution < 1.29 is 0 Å². The van der Waals surface area contributed by atoms with Crippen molar-refractivity contribution in [2.75, 3.05) is 16.9 Å². The number of hydrazine groups is 1. The fraction of sp³-hybridized carbons (Fsp3) is 0.222. The summed E-state index contributed by atoms with van der Waals surface area (Å²) in [6.07, 6.45) is 9.18. The van der Waals surface area contributed by atoms with Crippen molar-refractivity contribution in [1.82, 2.24) is 15.4 Å². The Balaban J connectivity index is 1.61. The number of allylic oxidation sites excluding steroid dienone is 1. The Morgan fingerprint density at radius 1 is 1.16 bits per heavy atom. The van der Waals surface area contributed by atoms with E-state index in [2.05, 4.69) is 26.9 Å². The molecule has 25 heavy (non-hydrogen) atoms. The molecule has 0 saturated heterocycles. The van der Waals surface area contributed by atoms with Gasteiger partial charge in [0.25, 0.3) is 0 Å². The predicted molar refractivity (Wildman–Crippen MR) is 104 cm³/mol. The van der Waals surface area contributed by atoms with Gasteiger partial charge in [0.15, 0.2) is 0 Å². The van der Waals surface area contributed by atoms with Crippen LogP contribution in [0.2, 0.25) is 10.0 Å². The van der Waals surface area contributed by atoms with Crippen molar-refractivity contribution >= 4 is 34.7 Å². The lowest BCUT2D eigenvalue weighted by molar-refractivity contribution is 0.841. The molecule has 0 saturated carbocycles. The van der Waals surface area contributed by atoms with Crippen LogP contribution in [0.25, 0.3) is 0 Å². The SMILES string of the molecule is CCc1ncnc(NCCC2=CN(c3ccc(Cl)cc3)NC=C2)c1Cl. The number of hydrogen-bond acceptors (Lipinski definition) is 5. The highest BCUT2D eigenvalue weighted by Crippen LogP contribution is 2.23. The summed E-state index contributed by atoms with van der Waals surface area (Å²) < 4.78 is 0. The molecule has 7 heteroatoms. The van der Waals surface area contributed by atoms with Gasteiger partial charge in [0.2, 0.25) is 0 Å². The number of rotatable bonds is 6. The van der Waals surface area contributed by atoms with E-state index in [4.69, 9.17) is 23.2 Å². The first-order chi connectivity index (χ1) is 12.2. The molecule has 2 N–H and O–H groups in total. The van der Waals surface area contributed by atoms with Gasteiger partial charge in [0.05, 0.1) is 11.4 Å². The van der Waals surface area contributed by atoms with Crippen LogP contribution in [-0.2, 0) is 6.42 Å². The molecule has 2 aromatic rings. The Bertz CT molecular complexity index is 787. The molecule has 1 aromatic carbocycles. The largest absolute Gasteiger partial charge is 0.368 e. The molecule has 1 aliphatic heterocycles. The van der Waals surface area contributed by atoms with Crippen molar-refractivity contribution in [2.24, 2.45) is 0 Å². The molecule has 130 valence electrons. The van der Waals surface area contributed by atoms with Gasteiger partial charge in [-0.2, -0.15) is 0 Å². The summed E-state index contributed by atoms with van der Waals surface area (Å²) in [5.74, 6) is 0.682. The second-order valence-electron chi connectivity index (χ2n) is 5.53. The van der Waals surface area contributed by atoms with Gasteiger partial charge >= 0.3 is 0 Å². The van der Waals surface area contributed by atoms with Gasteiger partial charge in [-0.3, -0.25) is 5.01 Å². The van der Waals surface area contributed by atoms with E-state index in [0.29, 0.717) is 10.8 Å². The minimum atomic E-state index is 0.600. The van der Waals surface area contributed by atoms with Crippen molar-refractivity contribution in [2.45, 2.75) is 19.8 Å². The predicted octanol–water partition coefficient (Wildman–Crippen LogP) is 4.57. The standard InChI is InChI=1S/C18H19Cl2N5/c1-2-16-17(20)18(23-12-22-16)21-9-7-13-8-10-24-25(11-13)15-5-3-14(19)4-6-15/h3-6,8,10-12,24H,2,7,9H2,1H3,(H,21,22,23). The summed E-state index contributed by atoms with van der Waals surface area (Å²) in [7, 11) is 0. The van der Waals surface area contributed by atoms with Crippen LogP contribution in [0.4, 0.5) is 11.5 Å². The summed E-state index contributed by atoms with van der Waals surface area (Å²) in [5, 5.41) is 6.56. The molecular weight excluding hydrogens is 357 g/mol. The average Bonchev–Trinajstić information content (AvgIpc) is 2.64. The van der Waals surface area contributed by atoms with Crippen LogP contribution in [0.15, 0.2) is 54.6 Å². The first-order valence-electron chi connectivity index (χ1n) is 8.09. The Hall–Kier alpha value is -2.24. The molecular formula is C18H19Cl2N5. The normalized spacial score (nSPS) is 13.4. The fourth-order valence-electron chi connectivity index (χ4n) is 2.47. The van der Waals surface area contributed by atoms with Gasteiger partial charge in [0, 0.05) is 24.0 Å². The zero-order valence-corrected chi connectivity index (χ0v) is 15.3. The van der Waals surface area contributed by atoms with Crippen molar-refractivity contribution in [1.29, 1.82) is 0 Å². The molecule has 0 amide bonds. The van der Waals surface area contributed by atoms with Crippen LogP contribution in [0.3, 0.4) is 0 Å². The summed E-state index contributed by atoms with van der Waals surface area (Å²) in [6, 6.07) is 7.67. The molecule has 3 rings (SSSR count). The lowest BCUT2D eigenvalue weighted by Gasteiger charge is -2.25. The van der Waals surface area contributed by atoms with Crippen molar-refractivity contribution in [3.63, 3.8) is 0 Å². The number of halogens is 2. The van der Waals surface area contributed by atoms with E-state index in [0.717, 1.165) is 35.8 Å². The first-order valence-corrected chi connectivity index (χ1v) is 8.84. The molecule has 1 aliphatic rings. The summed E-state index contributed by atoms with van der Waals surface area (Å²) in [5.41, 5.74) is 6.25. The maximum absolute atomic E-state index is 6.30. The zero-order chi connectivity index (χ0) is 17.6. The number of benzene rings is 1. The number of nitrogens with one attached hydrogen (secondary N) is 2. The van der Waals surface area contributed by atoms with Gasteiger partial charge in [-0.25, -0.2) is 9.97 Å². The van der Waals surface area contributed by atoms with Crippen LogP contribution < -0.4 is 15.8 Å². The third-order valence-corrected chi connectivity index (χ3v) is 4.46. The Kier molecular flexibility index (Phi) is 5.79. The van der Waals surface area contributed by atoms with Gasteiger partial charge in [-0.05, 0) is 48.8 Å². The minimum absolute atomic E-state index is 0.600. The van der Waals surface area contributed by atoms with Gasteiger partial charge in [-0.15, -0.1) is 0 Å². The number of nitrogens with zero attached hydrogens (tertiary/aromatic N) is 3. The molecule has 0 aliphatic carbocycles. The van der Waals surface area contributed by atoms with E-state index in [1.165, 1.54) is 5.57 Å². The Morgan fingerprint density at radius 3 is 2.72 bits per heavy atom. The van der Waals surface area contributed by atoms with Gasteiger partial charge in [0.1, 0.15) is 17.2 Å². The molecule has 0 bridgehead atoms. The van der Waals surface area contributed by atoms with Crippen molar-refractivity contribution in [3.8, 4) is 0 Å². The van der Waals surface area contributed by atoms with Crippen LogP contribution >= 0.6 is 23.2 Å². The number of hydrogen-bond donors (Lipinski definition) is 2. The summed E-state index contributed by atoms with van der Waals surface area (Å²) >= 11 is 12.2.